The van der Waals surface area contributed by atoms with Gasteiger partial charge in [0.2, 0.25) is 0 Å². The minimum atomic E-state index is -0.731. The fourth-order valence-electron chi connectivity index (χ4n) is 5.10. The minimum Gasteiger partial charge on any atom is -0.487 e. The first-order chi connectivity index (χ1) is 15.4. The fraction of sp³-hybridized carbons (Fsp3) is 0.652. The Bertz CT molecular complexity index is 908. The lowest BCUT2D eigenvalue weighted by Gasteiger charge is -2.54. The second kappa shape index (κ2) is 8.20. The largest absolute Gasteiger partial charge is 0.487 e. The van der Waals surface area contributed by atoms with E-state index in [1.165, 1.54) is 0 Å². The quantitative estimate of drug-likeness (QED) is 0.611. The molecule has 3 fully saturated rings. The smallest absolute Gasteiger partial charge is 0.264 e. The van der Waals surface area contributed by atoms with Crippen molar-refractivity contribution in [3.05, 3.63) is 29.3 Å². The number of ether oxygens (including phenoxy) is 3. The number of hydrogen-bond acceptors (Lipinski definition) is 8. The molecule has 6 rings (SSSR count). The molecular formula is C23H32N4O5. The highest BCUT2D eigenvalue weighted by Crippen LogP contribution is 2.45. The van der Waals surface area contributed by atoms with Gasteiger partial charge in [0.05, 0.1) is 23.6 Å². The number of anilines is 1. The summed E-state index contributed by atoms with van der Waals surface area (Å²) in [5.74, 6) is 2.10. The monoisotopic (exact) mass is 444 g/mol. The van der Waals surface area contributed by atoms with E-state index in [9.17, 15) is 9.90 Å². The van der Waals surface area contributed by atoms with E-state index in [0.29, 0.717) is 31.3 Å². The van der Waals surface area contributed by atoms with Gasteiger partial charge in [-0.2, -0.15) is 0 Å². The van der Waals surface area contributed by atoms with Crippen LogP contribution in [0, 0.1) is 0 Å². The van der Waals surface area contributed by atoms with Crippen molar-refractivity contribution in [3.8, 4) is 5.75 Å². The number of carbonyl (C=O) groups is 1. The van der Waals surface area contributed by atoms with Crippen molar-refractivity contribution < 1.29 is 24.1 Å². The molecule has 1 aromatic heterocycles. The summed E-state index contributed by atoms with van der Waals surface area (Å²) in [5.41, 5.74) is 1.63. The number of nitrogens with one attached hydrogen (secondary N) is 2. The van der Waals surface area contributed by atoms with Crippen LogP contribution in [0.2, 0.25) is 0 Å². The highest BCUT2D eigenvalue weighted by atomic mass is 16.5. The van der Waals surface area contributed by atoms with Gasteiger partial charge in [-0.3, -0.25) is 4.79 Å². The fourth-order valence-corrected chi connectivity index (χ4v) is 5.10. The Morgan fingerprint density at radius 3 is 2.81 bits per heavy atom. The van der Waals surface area contributed by atoms with E-state index < -0.39 is 6.23 Å². The van der Waals surface area contributed by atoms with Crippen LogP contribution in [0.5, 0.6) is 5.75 Å². The molecule has 2 bridgehead atoms. The van der Waals surface area contributed by atoms with Crippen LogP contribution in [-0.2, 0) is 20.8 Å². The predicted molar refractivity (Wildman–Crippen MR) is 117 cm³/mol. The van der Waals surface area contributed by atoms with E-state index in [2.05, 4.69) is 15.6 Å². The molecule has 3 N–H and O–H groups in total. The number of aliphatic hydroxyl groups excluding tert-OH is 1. The van der Waals surface area contributed by atoms with Crippen molar-refractivity contribution in [2.75, 3.05) is 31.7 Å². The highest BCUT2D eigenvalue weighted by molar-refractivity contribution is 5.80. The molecule has 0 radical (unpaired) electrons. The third-order valence-corrected chi connectivity index (χ3v) is 7.45. The van der Waals surface area contributed by atoms with Gasteiger partial charge in [-0.25, -0.2) is 4.98 Å². The number of fused-ring (bicyclic) bond motifs is 4. The van der Waals surface area contributed by atoms with Crippen molar-refractivity contribution in [1.29, 1.82) is 0 Å². The molecule has 5 aliphatic rings. The summed E-state index contributed by atoms with van der Waals surface area (Å²) in [6, 6.07) is 3.85. The normalized spacial score (nSPS) is 31.7. The number of amides is 1. The molecule has 1 atom stereocenters. The summed E-state index contributed by atoms with van der Waals surface area (Å²) in [6.07, 6.45) is 4.18. The summed E-state index contributed by atoms with van der Waals surface area (Å²) in [6.45, 7) is 6.18. The van der Waals surface area contributed by atoms with Gasteiger partial charge in [-0.15, -0.1) is 0 Å². The zero-order chi connectivity index (χ0) is 22.3. The van der Waals surface area contributed by atoms with Gasteiger partial charge in [0.25, 0.3) is 5.91 Å². The van der Waals surface area contributed by atoms with Gasteiger partial charge in [0, 0.05) is 18.6 Å². The van der Waals surface area contributed by atoms with Gasteiger partial charge < -0.3 is 34.9 Å². The summed E-state index contributed by atoms with van der Waals surface area (Å²) in [5, 5.41) is 16.4. The Labute approximate surface area is 188 Å². The molecule has 9 heteroatoms. The Morgan fingerprint density at radius 2 is 2.06 bits per heavy atom. The van der Waals surface area contributed by atoms with Crippen LogP contribution in [0.3, 0.4) is 0 Å². The van der Waals surface area contributed by atoms with E-state index in [1.54, 1.807) is 0 Å². The maximum absolute atomic E-state index is 12.3. The Balaban J connectivity index is 1.16. The van der Waals surface area contributed by atoms with Crippen LogP contribution in [-0.4, -0.2) is 64.6 Å². The number of carbonyl (C=O) groups excluding carboxylic acids is 1. The number of pyridine rings is 1. The lowest BCUT2D eigenvalue weighted by molar-refractivity contribution is -0.168. The maximum atomic E-state index is 12.3. The van der Waals surface area contributed by atoms with Gasteiger partial charge in [0.1, 0.15) is 12.4 Å². The molecular weight excluding hydrogens is 412 g/mol. The summed E-state index contributed by atoms with van der Waals surface area (Å²) in [7, 11) is 0. The van der Waals surface area contributed by atoms with Crippen LogP contribution >= 0.6 is 0 Å². The summed E-state index contributed by atoms with van der Waals surface area (Å²) >= 11 is 0. The molecule has 1 aliphatic carbocycles. The van der Waals surface area contributed by atoms with E-state index in [0.717, 1.165) is 49.3 Å². The first kappa shape index (κ1) is 21.5. The van der Waals surface area contributed by atoms with E-state index >= 15 is 0 Å². The minimum absolute atomic E-state index is 0.0251. The maximum Gasteiger partial charge on any atom is 0.264 e. The van der Waals surface area contributed by atoms with Crippen LogP contribution in [0.1, 0.15) is 51.6 Å². The lowest BCUT2D eigenvalue weighted by atomic mass is 9.70. The van der Waals surface area contributed by atoms with Crippen LogP contribution in [0.4, 0.5) is 5.82 Å². The van der Waals surface area contributed by atoms with E-state index in [-0.39, 0.29) is 30.3 Å². The molecule has 1 amide bonds. The topological polar surface area (TPSA) is 105 Å². The molecule has 1 saturated carbocycles. The molecule has 0 aromatic carbocycles. The Hall–Kier alpha value is -2.36. The summed E-state index contributed by atoms with van der Waals surface area (Å²) in [4.78, 5) is 18.7. The average molecular weight is 445 g/mol. The zero-order valence-corrected chi connectivity index (χ0v) is 18.8. The van der Waals surface area contributed by atoms with Crippen molar-refractivity contribution in [3.63, 3.8) is 0 Å². The van der Waals surface area contributed by atoms with Gasteiger partial charge in [-0.05, 0) is 58.1 Å². The van der Waals surface area contributed by atoms with E-state index in [1.807, 2.05) is 30.9 Å². The third kappa shape index (κ3) is 4.04. The standard InChI is InChI=1S/C23H32N4O5/c1-15-16(2)30-13-20(29)27(15)10-9-23-7-5-22(6-8-23,14-32-23)24-11-17-3-4-18-21(25-17)26-19(28)12-31-18/h3-4,19,24,28H,5-14H2,1-2H3,(H,25,26). The third-order valence-electron chi connectivity index (χ3n) is 7.45. The first-order valence-electron chi connectivity index (χ1n) is 11.4. The number of hydrogen-bond donors (Lipinski definition) is 3. The molecule has 1 aromatic rings. The predicted octanol–water partition coefficient (Wildman–Crippen LogP) is 1.88. The number of rotatable bonds is 6. The molecule has 1 unspecified atom stereocenters. The van der Waals surface area contributed by atoms with Crippen molar-refractivity contribution >= 4 is 11.7 Å². The number of aliphatic hydroxyl groups is 1. The van der Waals surface area contributed by atoms with Crippen LogP contribution < -0.4 is 15.4 Å². The SMILES string of the molecule is CC1=C(C)N(CCC23CCC(NCc4ccc5c(n4)NC(O)CO5)(CC2)CO3)C(=O)CO1. The lowest BCUT2D eigenvalue weighted by Crippen LogP contribution is -2.62. The second-order valence-electron chi connectivity index (χ2n) is 9.45. The van der Waals surface area contributed by atoms with Gasteiger partial charge in [-0.1, -0.05) is 0 Å². The van der Waals surface area contributed by atoms with Gasteiger partial charge >= 0.3 is 0 Å². The first-order valence-corrected chi connectivity index (χ1v) is 11.4. The molecule has 0 spiro atoms. The Kier molecular flexibility index (Phi) is 5.51. The molecule has 4 aliphatic heterocycles. The van der Waals surface area contributed by atoms with Crippen LogP contribution in [0.15, 0.2) is 23.6 Å². The molecule has 5 heterocycles. The van der Waals surface area contributed by atoms with E-state index in [4.69, 9.17) is 14.2 Å². The number of aromatic nitrogens is 1. The molecule has 32 heavy (non-hydrogen) atoms. The zero-order valence-electron chi connectivity index (χ0n) is 18.8. The Morgan fingerprint density at radius 1 is 1.25 bits per heavy atom. The summed E-state index contributed by atoms with van der Waals surface area (Å²) < 4.78 is 17.3. The second-order valence-corrected chi connectivity index (χ2v) is 9.45. The number of nitrogens with zero attached hydrogens (tertiary/aromatic N) is 2. The van der Waals surface area contributed by atoms with Crippen molar-refractivity contribution in [2.24, 2.45) is 0 Å². The molecule has 174 valence electrons. The highest BCUT2D eigenvalue weighted by Gasteiger charge is 2.49. The van der Waals surface area contributed by atoms with Crippen molar-refractivity contribution in [1.82, 2.24) is 15.2 Å². The average Bonchev–Trinajstić information content (AvgIpc) is 2.81. The van der Waals surface area contributed by atoms with Crippen molar-refractivity contribution in [2.45, 2.75) is 69.9 Å². The molecule has 9 nitrogen and oxygen atoms in total. The van der Waals surface area contributed by atoms with Gasteiger partial charge in [0.15, 0.2) is 24.4 Å². The van der Waals surface area contributed by atoms with Crippen LogP contribution in [0.25, 0.3) is 0 Å². The molecule has 2 saturated heterocycles. The number of allylic oxidation sites excluding steroid dienone is 2.